The van der Waals surface area contributed by atoms with Crippen molar-refractivity contribution < 1.29 is 14.2 Å². The van der Waals surface area contributed by atoms with Gasteiger partial charge < -0.3 is 9.84 Å². The summed E-state index contributed by atoms with van der Waals surface area (Å²) in [5, 5.41) is 9.13. The standard InChI is InChI=1S/C11H15FO2/c1-11(2,7-13)8-5-4-6-9(14-3)10(8)12/h4-6,13H,7H2,1-3H3. The Morgan fingerprint density at radius 2 is 2.07 bits per heavy atom. The van der Waals surface area contributed by atoms with Gasteiger partial charge in [-0.15, -0.1) is 0 Å². The van der Waals surface area contributed by atoms with E-state index in [4.69, 9.17) is 9.84 Å². The SMILES string of the molecule is COc1cccc(C(C)(C)CO)c1F. The summed E-state index contributed by atoms with van der Waals surface area (Å²) >= 11 is 0. The van der Waals surface area contributed by atoms with Crippen molar-refractivity contribution in [2.24, 2.45) is 0 Å². The highest BCUT2D eigenvalue weighted by Gasteiger charge is 2.24. The molecular weight excluding hydrogens is 183 g/mol. The molecule has 0 spiro atoms. The average molecular weight is 198 g/mol. The predicted molar refractivity (Wildman–Crippen MR) is 53.1 cm³/mol. The lowest BCUT2D eigenvalue weighted by Crippen LogP contribution is -2.23. The van der Waals surface area contributed by atoms with E-state index < -0.39 is 11.2 Å². The van der Waals surface area contributed by atoms with E-state index in [1.807, 2.05) is 0 Å². The third-order valence-electron chi connectivity index (χ3n) is 2.31. The Morgan fingerprint density at radius 3 is 2.57 bits per heavy atom. The third kappa shape index (κ3) is 1.87. The Balaban J connectivity index is 3.22. The molecular formula is C11H15FO2. The molecule has 14 heavy (non-hydrogen) atoms. The van der Waals surface area contributed by atoms with E-state index in [0.717, 1.165) is 0 Å². The van der Waals surface area contributed by atoms with Crippen molar-refractivity contribution in [2.45, 2.75) is 19.3 Å². The maximum atomic E-state index is 13.7. The molecule has 3 heteroatoms. The van der Waals surface area contributed by atoms with Crippen LogP contribution in [0.1, 0.15) is 19.4 Å². The van der Waals surface area contributed by atoms with E-state index in [2.05, 4.69) is 0 Å². The van der Waals surface area contributed by atoms with Gasteiger partial charge in [0.1, 0.15) is 0 Å². The number of aliphatic hydroxyl groups excluding tert-OH is 1. The highest BCUT2D eigenvalue weighted by atomic mass is 19.1. The van der Waals surface area contributed by atoms with Crippen molar-refractivity contribution in [3.05, 3.63) is 29.6 Å². The molecule has 0 fully saturated rings. The lowest BCUT2D eigenvalue weighted by molar-refractivity contribution is 0.214. The largest absolute Gasteiger partial charge is 0.494 e. The first-order chi connectivity index (χ1) is 6.53. The van der Waals surface area contributed by atoms with Crippen LogP contribution < -0.4 is 4.74 Å². The first-order valence-electron chi connectivity index (χ1n) is 4.47. The maximum absolute atomic E-state index is 13.7. The van der Waals surface area contributed by atoms with Gasteiger partial charge in [-0.25, -0.2) is 4.39 Å². The lowest BCUT2D eigenvalue weighted by atomic mass is 9.85. The number of halogens is 1. The molecule has 0 unspecified atom stereocenters. The number of hydrogen-bond donors (Lipinski definition) is 1. The maximum Gasteiger partial charge on any atom is 0.168 e. The number of methoxy groups -OCH3 is 1. The summed E-state index contributed by atoms with van der Waals surface area (Å²) in [5.74, 6) is -0.182. The summed E-state index contributed by atoms with van der Waals surface area (Å²) in [7, 11) is 1.42. The highest BCUT2D eigenvalue weighted by Crippen LogP contribution is 2.29. The second kappa shape index (κ2) is 3.96. The minimum atomic E-state index is -0.585. The van der Waals surface area contributed by atoms with Crippen LogP contribution in [0.5, 0.6) is 5.75 Å². The Bertz CT molecular complexity index is 321. The molecule has 0 bridgehead atoms. The van der Waals surface area contributed by atoms with E-state index in [0.29, 0.717) is 5.56 Å². The highest BCUT2D eigenvalue weighted by molar-refractivity contribution is 5.35. The van der Waals surface area contributed by atoms with Crippen LogP contribution in [0.15, 0.2) is 18.2 Å². The van der Waals surface area contributed by atoms with Gasteiger partial charge in [0.2, 0.25) is 0 Å². The van der Waals surface area contributed by atoms with E-state index in [-0.39, 0.29) is 12.4 Å². The third-order valence-corrected chi connectivity index (χ3v) is 2.31. The fourth-order valence-corrected chi connectivity index (χ4v) is 1.28. The average Bonchev–Trinajstić information content (AvgIpc) is 2.18. The Hall–Kier alpha value is -1.09. The molecule has 0 amide bonds. The summed E-state index contributed by atoms with van der Waals surface area (Å²) in [4.78, 5) is 0. The zero-order chi connectivity index (χ0) is 10.8. The summed E-state index contributed by atoms with van der Waals surface area (Å²) in [6, 6.07) is 4.94. The quantitative estimate of drug-likeness (QED) is 0.806. The van der Waals surface area contributed by atoms with Gasteiger partial charge in [-0.1, -0.05) is 26.0 Å². The Kier molecular flexibility index (Phi) is 3.11. The van der Waals surface area contributed by atoms with Crippen LogP contribution >= 0.6 is 0 Å². The van der Waals surface area contributed by atoms with Gasteiger partial charge >= 0.3 is 0 Å². The normalized spacial score (nSPS) is 11.5. The van der Waals surface area contributed by atoms with Gasteiger partial charge in [-0.2, -0.15) is 0 Å². The van der Waals surface area contributed by atoms with Gasteiger partial charge in [-0.3, -0.25) is 0 Å². The molecule has 0 heterocycles. The molecule has 2 nitrogen and oxygen atoms in total. The monoisotopic (exact) mass is 198 g/mol. The molecule has 0 radical (unpaired) electrons. The molecule has 1 rings (SSSR count). The van der Waals surface area contributed by atoms with Crippen LogP contribution in [-0.4, -0.2) is 18.8 Å². The van der Waals surface area contributed by atoms with Gasteiger partial charge in [0.15, 0.2) is 11.6 Å². The van der Waals surface area contributed by atoms with Crippen LogP contribution in [0, 0.1) is 5.82 Å². The first kappa shape index (κ1) is 11.0. The zero-order valence-electron chi connectivity index (χ0n) is 8.67. The fourth-order valence-electron chi connectivity index (χ4n) is 1.28. The molecule has 0 saturated heterocycles. The van der Waals surface area contributed by atoms with Crippen molar-refractivity contribution in [1.82, 2.24) is 0 Å². The zero-order valence-corrected chi connectivity index (χ0v) is 8.67. The molecule has 0 atom stereocenters. The molecule has 1 aromatic carbocycles. The topological polar surface area (TPSA) is 29.5 Å². The fraction of sp³-hybridized carbons (Fsp3) is 0.455. The van der Waals surface area contributed by atoms with Crippen LogP contribution in [0.2, 0.25) is 0 Å². The molecule has 78 valence electrons. The van der Waals surface area contributed by atoms with E-state index in [1.165, 1.54) is 7.11 Å². The molecule has 1 aromatic rings. The minimum absolute atomic E-state index is 0.100. The lowest BCUT2D eigenvalue weighted by Gasteiger charge is -2.23. The minimum Gasteiger partial charge on any atom is -0.494 e. The molecule has 0 aliphatic carbocycles. The molecule has 0 aliphatic heterocycles. The summed E-state index contributed by atoms with van der Waals surface area (Å²) < 4.78 is 18.6. The second-order valence-corrected chi connectivity index (χ2v) is 3.86. The summed E-state index contributed by atoms with van der Waals surface area (Å²) in [6.07, 6.45) is 0. The van der Waals surface area contributed by atoms with Crippen LogP contribution in [-0.2, 0) is 5.41 Å². The van der Waals surface area contributed by atoms with Crippen LogP contribution in [0.25, 0.3) is 0 Å². The molecule has 0 aromatic heterocycles. The van der Waals surface area contributed by atoms with E-state index in [1.54, 1.807) is 32.0 Å². The van der Waals surface area contributed by atoms with Gasteiger partial charge in [-0.05, 0) is 11.6 Å². The smallest absolute Gasteiger partial charge is 0.168 e. The predicted octanol–water partition coefficient (Wildman–Crippen LogP) is 2.10. The first-order valence-corrected chi connectivity index (χ1v) is 4.47. The van der Waals surface area contributed by atoms with Gasteiger partial charge in [0, 0.05) is 5.41 Å². The van der Waals surface area contributed by atoms with Gasteiger partial charge in [0.25, 0.3) is 0 Å². The summed E-state index contributed by atoms with van der Waals surface area (Å²) in [5.41, 5.74) is -0.113. The Morgan fingerprint density at radius 1 is 1.43 bits per heavy atom. The van der Waals surface area contributed by atoms with Crippen LogP contribution in [0.3, 0.4) is 0 Å². The number of ether oxygens (including phenoxy) is 1. The number of hydrogen-bond acceptors (Lipinski definition) is 2. The second-order valence-electron chi connectivity index (χ2n) is 3.86. The molecule has 1 N–H and O–H groups in total. The number of aliphatic hydroxyl groups is 1. The van der Waals surface area contributed by atoms with Crippen molar-refractivity contribution in [1.29, 1.82) is 0 Å². The van der Waals surface area contributed by atoms with Crippen molar-refractivity contribution in [3.8, 4) is 5.75 Å². The Labute approximate surface area is 83.3 Å². The van der Waals surface area contributed by atoms with Crippen molar-refractivity contribution >= 4 is 0 Å². The van der Waals surface area contributed by atoms with E-state index >= 15 is 0 Å². The van der Waals surface area contributed by atoms with Crippen molar-refractivity contribution in [3.63, 3.8) is 0 Å². The van der Waals surface area contributed by atoms with E-state index in [9.17, 15) is 4.39 Å². The van der Waals surface area contributed by atoms with Crippen LogP contribution in [0.4, 0.5) is 4.39 Å². The molecule has 0 saturated carbocycles. The molecule has 0 aliphatic rings. The number of rotatable bonds is 3. The summed E-state index contributed by atoms with van der Waals surface area (Å²) in [6.45, 7) is 3.47. The number of benzene rings is 1. The van der Waals surface area contributed by atoms with Crippen molar-refractivity contribution in [2.75, 3.05) is 13.7 Å². The van der Waals surface area contributed by atoms with Gasteiger partial charge in [0.05, 0.1) is 13.7 Å².